The fourth-order valence-corrected chi connectivity index (χ4v) is 3.42. The van der Waals surface area contributed by atoms with Gasteiger partial charge in [0.05, 0.1) is 16.3 Å². The van der Waals surface area contributed by atoms with E-state index in [1.807, 2.05) is 14.0 Å². The molecule has 2 N–H and O–H groups in total. The molecule has 0 bridgehead atoms. The van der Waals surface area contributed by atoms with Gasteiger partial charge in [-0.25, -0.2) is 4.39 Å². The van der Waals surface area contributed by atoms with Crippen LogP contribution in [0.3, 0.4) is 0 Å². The number of benzene rings is 1. The minimum atomic E-state index is -0.573. The number of amides is 2. The third kappa shape index (κ3) is 3.00. The topological polar surface area (TPSA) is 76.0 Å². The van der Waals surface area contributed by atoms with Crippen molar-refractivity contribution in [3.8, 4) is 0 Å². The maximum absolute atomic E-state index is 13.9. The van der Waals surface area contributed by atoms with Crippen LogP contribution in [0.2, 0.25) is 0 Å². The Hall–Kier alpha value is -2.74. The SMILES string of the molecule is CC(=O)Nc1ccc(F)c(NC(=O)c2cc3c(C)nn(C)c3s2)c1. The Bertz CT molecular complexity index is 926. The number of carbonyl (C=O) groups is 2. The van der Waals surface area contributed by atoms with Crippen molar-refractivity contribution >= 4 is 44.7 Å². The summed E-state index contributed by atoms with van der Waals surface area (Å²) in [7, 11) is 1.81. The lowest BCUT2D eigenvalue weighted by Crippen LogP contribution is -2.12. The number of aryl methyl sites for hydroxylation is 2. The predicted molar refractivity (Wildman–Crippen MR) is 92.0 cm³/mol. The van der Waals surface area contributed by atoms with Gasteiger partial charge in [-0.1, -0.05) is 0 Å². The number of nitrogens with one attached hydrogen (secondary N) is 2. The van der Waals surface area contributed by atoms with Gasteiger partial charge < -0.3 is 10.6 Å². The fraction of sp³-hybridized carbons (Fsp3) is 0.188. The molecule has 2 amide bonds. The molecule has 8 heteroatoms. The van der Waals surface area contributed by atoms with Crippen LogP contribution in [-0.2, 0) is 11.8 Å². The molecule has 0 unspecified atom stereocenters. The van der Waals surface area contributed by atoms with Gasteiger partial charge in [-0.15, -0.1) is 11.3 Å². The number of carbonyl (C=O) groups excluding carboxylic acids is 2. The summed E-state index contributed by atoms with van der Waals surface area (Å²) < 4.78 is 15.6. The van der Waals surface area contributed by atoms with E-state index in [1.165, 1.54) is 36.5 Å². The summed E-state index contributed by atoms with van der Waals surface area (Å²) >= 11 is 1.29. The smallest absolute Gasteiger partial charge is 0.265 e. The van der Waals surface area contributed by atoms with Crippen LogP contribution in [0.4, 0.5) is 15.8 Å². The van der Waals surface area contributed by atoms with Crippen molar-refractivity contribution in [2.45, 2.75) is 13.8 Å². The molecule has 124 valence electrons. The Balaban J connectivity index is 1.88. The van der Waals surface area contributed by atoms with E-state index in [9.17, 15) is 14.0 Å². The Labute approximate surface area is 141 Å². The zero-order valence-corrected chi connectivity index (χ0v) is 14.1. The molecule has 2 heterocycles. The van der Waals surface area contributed by atoms with E-state index in [1.54, 1.807) is 10.7 Å². The molecule has 3 aromatic rings. The van der Waals surface area contributed by atoms with Gasteiger partial charge in [-0.3, -0.25) is 14.3 Å². The van der Waals surface area contributed by atoms with E-state index in [4.69, 9.17) is 0 Å². The van der Waals surface area contributed by atoms with Crippen molar-refractivity contribution < 1.29 is 14.0 Å². The maximum atomic E-state index is 13.9. The Morgan fingerprint density at radius 3 is 2.67 bits per heavy atom. The molecule has 0 atom stereocenters. The molecule has 0 aliphatic heterocycles. The molecule has 0 saturated heterocycles. The molecule has 0 fully saturated rings. The van der Waals surface area contributed by atoms with Gasteiger partial charge in [0, 0.05) is 25.0 Å². The highest BCUT2D eigenvalue weighted by atomic mass is 32.1. The molecular formula is C16H15FN4O2S. The lowest BCUT2D eigenvalue weighted by atomic mass is 10.2. The van der Waals surface area contributed by atoms with Crippen LogP contribution in [0.25, 0.3) is 10.2 Å². The van der Waals surface area contributed by atoms with Gasteiger partial charge in [0.2, 0.25) is 5.91 Å². The van der Waals surface area contributed by atoms with Gasteiger partial charge in [0.25, 0.3) is 5.91 Å². The van der Waals surface area contributed by atoms with Crippen LogP contribution in [0.5, 0.6) is 0 Å². The molecule has 0 aliphatic rings. The Kier molecular flexibility index (Phi) is 4.06. The number of nitrogens with zero attached hydrogens (tertiary/aromatic N) is 2. The second-order valence-corrected chi connectivity index (χ2v) is 6.40. The summed E-state index contributed by atoms with van der Waals surface area (Å²) in [5, 5.41) is 10.3. The summed E-state index contributed by atoms with van der Waals surface area (Å²) in [5.74, 6) is -1.25. The number of thiophene rings is 1. The summed E-state index contributed by atoms with van der Waals surface area (Å²) in [6.07, 6.45) is 0. The molecular weight excluding hydrogens is 331 g/mol. The quantitative estimate of drug-likeness (QED) is 0.764. The average Bonchev–Trinajstić information content (AvgIpc) is 3.04. The number of fused-ring (bicyclic) bond motifs is 1. The molecule has 2 aromatic heterocycles. The fourth-order valence-electron chi connectivity index (χ4n) is 2.40. The van der Waals surface area contributed by atoms with Crippen LogP contribution in [-0.4, -0.2) is 21.6 Å². The van der Waals surface area contributed by atoms with Gasteiger partial charge in [-0.2, -0.15) is 5.10 Å². The predicted octanol–water partition coefficient (Wildman–Crippen LogP) is 3.29. The highest BCUT2D eigenvalue weighted by Gasteiger charge is 2.16. The van der Waals surface area contributed by atoms with E-state index in [-0.39, 0.29) is 11.6 Å². The Morgan fingerprint density at radius 2 is 2.00 bits per heavy atom. The summed E-state index contributed by atoms with van der Waals surface area (Å²) in [4.78, 5) is 24.8. The Morgan fingerprint density at radius 1 is 1.25 bits per heavy atom. The van der Waals surface area contributed by atoms with Crippen LogP contribution in [0, 0.1) is 12.7 Å². The zero-order valence-electron chi connectivity index (χ0n) is 13.3. The molecule has 24 heavy (non-hydrogen) atoms. The first-order valence-electron chi connectivity index (χ1n) is 7.17. The van der Waals surface area contributed by atoms with E-state index >= 15 is 0 Å². The number of hydrogen-bond acceptors (Lipinski definition) is 4. The van der Waals surface area contributed by atoms with Crippen LogP contribution >= 0.6 is 11.3 Å². The lowest BCUT2D eigenvalue weighted by Gasteiger charge is -2.08. The minimum Gasteiger partial charge on any atom is -0.326 e. The second kappa shape index (κ2) is 6.04. The first-order valence-corrected chi connectivity index (χ1v) is 7.98. The number of hydrogen-bond donors (Lipinski definition) is 2. The minimum absolute atomic E-state index is 0.0125. The molecule has 6 nitrogen and oxygen atoms in total. The van der Waals surface area contributed by atoms with Gasteiger partial charge in [0.15, 0.2) is 0 Å². The first kappa shape index (κ1) is 16.1. The highest BCUT2D eigenvalue weighted by Crippen LogP contribution is 2.29. The van der Waals surface area contributed by atoms with E-state index in [0.717, 1.165) is 15.9 Å². The van der Waals surface area contributed by atoms with E-state index < -0.39 is 11.7 Å². The summed E-state index contributed by atoms with van der Waals surface area (Å²) in [5.41, 5.74) is 1.26. The standard InChI is InChI=1S/C16H15FN4O2S/c1-8-11-7-14(24-16(11)21(3)20-8)15(23)19-13-6-10(18-9(2)22)4-5-12(13)17/h4-7H,1-3H3,(H,18,22)(H,19,23). The normalized spacial score (nSPS) is 10.8. The van der Waals surface area contributed by atoms with Crippen LogP contribution < -0.4 is 10.6 Å². The number of rotatable bonds is 3. The van der Waals surface area contributed by atoms with E-state index in [2.05, 4.69) is 15.7 Å². The van der Waals surface area contributed by atoms with Crippen molar-refractivity contribution in [1.82, 2.24) is 9.78 Å². The van der Waals surface area contributed by atoms with Crippen molar-refractivity contribution in [2.75, 3.05) is 10.6 Å². The second-order valence-electron chi connectivity index (χ2n) is 5.37. The average molecular weight is 346 g/mol. The summed E-state index contributed by atoms with van der Waals surface area (Å²) in [6.45, 7) is 3.22. The zero-order chi connectivity index (χ0) is 17.4. The monoisotopic (exact) mass is 346 g/mol. The number of anilines is 2. The third-order valence-electron chi connectivity index (χ3n) is 3.45. The third-order valence-corrected chi connectivity index (χ3v) is 4.66. The number of halogens is 1. The highest BCUT2D eigenvalue weighted by molar-refractivity contribution is 7.20. The van der Waals surface area contributed by atoms with Gasteiger partial charge in [0.1, 0.15) is 10.6 Å². The largest absolute Gasteiger partial charge is 0.326 e. The molecule has 0 radical (unpaired) electrons. The van der Waals surface area contributed by atoms with E-state index in [0.29, 0.717) is 10.6 Å². The molecule has 0 aliphatic carbocycles. The molecule has 1 aromatic carbocycles. The van der Waals surface area contributed by atoms with Crippen LogP contribution in [0.1, 0.15) is 22.3 Å². The maximum Gasteiger partial charge on any atom is 0.265 e. The van der Waals surface area contributed by atoms with Crippen molar-refractivity contribution in [1.29, 1.82) is 0 Å². The molecule has 3 rings (SSSR count). The van der Waals surface area contributed by atoms with Crippen molar-refractivity contribution in [3.05, 3.63) is 40.7 Å². The van der Waals surface area contributed by atoms with Crippen LogP contribution in [0.15, 0.2) is 24.3 Å². The van der Waals surface area contributed by atoms with Crippen molar-refractivity contribution in [3.63, 3.8) is 0 Å². The summed E-state index contributed by atoms with van der Waals surface area (Å²) in [6, 6.07) is 5.75. The molecule has 0 spiro atoms. The number of aromatic nitrogens is 2. The van der Waals surface area contributed by atoms with Gasteiger partial charge >= 0.3 is 0 Å². The van der Waals surface area contributed by atoms with Gasteiger partial charge in [-0.05, 0) is 31.2 Å². The first-order chi connectivity index (χ1) is 11.3. The van der Waals surface area contributed by atoms with Crippen molar-refractivity contribution in [2.24, 2.45) is 7.05 Å². The molecule has 0 saturated carbocycles. The lowest BCUT2D eigenvalue weighted by molar-refractivity contribution is -0.114.